The molecule has 2 aromatic carbocycles. The third-order valence-electron chi connectivity index (χ3n) is 2.80. The van der Waals surface area contributed by atoms with Gasteiger partial charge in [-0.3, -0.25) is 14.9 Å². The molecule has 2 rings (SSSR count). The van der Waals surface area contributed by atoms with Crippen LogP contribution in [0.25, 0.3) is 0 Å². The number of nitro groups is 1. The SMILES string of the molecule is CC(=O)c1ccc(S(=O)(=O)Oc2ccc([N+](=O)[O-])cc2)cc1. The fourth-order valence-electron chi connectivity index (χ4n) is 1.65. The summed E-state index contributed by atoms with van der Waals surface area (Å²) in [7, 11) is -4.07. The maximum absolute atomic E-state index is 12.1. The van der Waals surface area contributed by atoms with E-state index in [4.69, 9.17) is 4.18 Å². The van der Waals surface area contributed by atoms with E-state index in [2.05, 4.69) is 0 Å². The second-order valence-electron chi connectivity index (χ2n) is 4.37. The van der Waals surface area contributed by atoms with Gasteiger partial charge in [0.2, 0.25) is 0 Å². The summed E-state index contributed by atoms with van der Waals surface area (Å²) in [5, 5.41) is 10.5. The van der Waals surface area contributed by atoms with Crippen molar-refractivity contribution in [2.75, 3.05) is 0 Å². The molecule has 0 amide bonds. The Balaban J connectivity index is 2.23. The zero-order valence-corrected chi connectivity index (χ0v) is 12.2. The van der Waals surface area contributed by atoms with Crippen LogP contribution in [0, 0.1) is 10.1 Å². The number of Topliss-reactive ketones (excluding diaryl/α,β-unsaturated/α-hetero) is 1. The summed E-state index contributed by atoms with van der Waals surface area (Å²) >= 11 is 0. The van der Waals surface area contributed by atoms with Crippen LogP contribution in [0.15, 0.2) is 53.4 Å². The van der Waals surface area contributed by atoms with Gasteiger partial charge >= 0.3 is 10.1 Å². The molecule has 0 atom stereocenters. The van der Waals surface area contributed by atoms with Crippen molar-refractivity contribution in [3.05, 3.63) is 64.2 Å². The Morgan fingerprint density at radius 3 is 2.05 bits per heavy atom. The Morgan fingerprint density at radius 2 is 1.59 bits per heavy atom. The number of rotatable bonds is 5. The zero-order valence-electron chi connectivity index (χ0n) is 11.4. The lowest BCUT2D eigenvalue weighted by Gasteiger charge is -2.07. The summed E-state index contributed by atoms with van der Waals surface area (Å²) in [4.78, 5) is 21.0. The smallest absolute Gasteiger partial charge is 0.339 e. The molecule has 0 N–H and O–H groups in total. The fraction of sp³-hybridized carbons (Fsp3) is 0.0714. The number of nitrogens with zero attached hydrogens (tertiary/aromatic N) is 1. The molecule has 7 nitrogen and oxygen atoms in total. The topological polar surface area (TPSA) is 104 Å². The Kier molecular flexibility index (Phi) is 4.22. The van der Waals surface area contributed by atoms with Crippen LogP contribution in [0.3, 0.4) is 0 Å². The normalized spacial score (nSPS) is 11.0. The molecule has 2 aromatic rings. The third kappa shape index (κ3) is 3.47. The Hall–Kier alpha value is -2.74. The minimum Gasteiger partial charge on any atom is -0.379 e. The van der Waals surface area contributed by atoms with Gasteiger partial charge in [0.15, 0.2) is 5.78 Å². The molecule has 0 aliphatic rings. The van der Waals surface area contributed by atoms with E-state index in [9.17, 15) is 23.3 Å². The number of benzene rings is 2. The number of carbonyl (C=O) groups excluding carboxylic acids is 1. The van der Waals surface area contributed by atoms with Gasteiger partial charge < -0.3 is 4.18 Å². The van der Waals surface area contributed by atoms with Crippen molar-refractivity contribution >= 4 is 21.6 Å². The summed E-state index contributed by atoms with van der Waals surface area (Å²) in [6.45, 7) is 1.37. The first-order chi connectivity index (χ1) is 10.3. The molecular weight excluding hydrogens is 310 g/mol. The van der Waals surface area contributed by atoms with Crippen LogP contribution in [-0.4, -0.2) is 19.1 Å². The van der Waals surface area contributed by atoms with E-state index in [0.29, 0.717) is 5.56 Å². The molecule has 0 fully saturated rings. The van der Waals surface area contributed by atoms with Crippen molar-refractivity contribution in [1.29, 1.82) is 0 Å². The second-order valence-corrected chi connectivity index (χ2v) is 5.92. The van der Waals surface area contributed by atoms with E-state index in [1.54, 1.807) is 0 Å². The summed E-state index contributed by atoms with van der Waals surface area (Å²) < 4.78 is 29.0. The number of nitro benzene ring substituents is 1. The van der Waals surface area contributed by atoms with Crippen molar-refractivity contribution < 1.29 is 22.3 Å². The predicted molar refractivity (Wildman–Crippen MR) is 77.4 cm³/mol. The molecule has 0 radical (unpaired) electrons. The third-order valence-corrected chi connectivity index (χ3v) is 4.06. The summed E-state index contributed by atoms with van der Waals surface area (Å²) in [5.74, 6) is -0.221. The van der Waals surface area contributed by atoms with Gasteiger partial charge in [0.1, 0.15) is 10.6 Å². The van der Waals surface area contributed by atoms with Gasteiger partial charge in [-0.1, -0.05) is 12.1 Å². The monoisotopic (exact) mass is 321 g/mol. The first-order valence-electron chi connectivity index (χ1n) is 6.09. The Morgan fingerprint density at radius 1 is 1.05 bits per heavy atom. The van der Waals surface area contributed by atoms with Crippen molar-refractivity contribution in [2.45, 2.75) is 11.8 Å². The summed E-state index contributed by atoms with van der Waals surface area (Å²) in [6, 6.07) is 9.96. The highest BCUT2D eigenvalue weighted by atomic mass is 32.2. The van der Waals surface area contributed by atoms with E-state index < -0.39 is 15.0 Å². The lowest BCUT2D eigenvalue weighted by atomic mass is 10.2. The molecule has 0 aliphatic carbocycles. The lowest BCUT2D eigenvalue weighted by molar-refractivity contribution is -0.384. The van der Waals surface area contributed by atoms with Crippen LogP contribution >= 0.6 is 0 Å². The molecule has 0 saturated carbocycles. The van der Waals surface area contributed by atoms with Crippen LogP contribution in [0.2, 0.25) is 0 Å². The molecule has 0 aromatic heterocycles. The average Bonchev–Trinajstić information content (AvgIpc) is 2.47. The van der Waals surface area contributed by atoms with Gasteiger partial charge in [0.25, 0.3) is 5.69 Å². The summed E-state index contributed by atoms with van der Waals surface area (Å²) in [6.07, 6.45) is 0. The summed E-state index contributed by atoms with van der Waals surface area (Å²) in [5.41, 5.74) is 0.213. The van der Waals surface area contributed by atoms with Gasteiger partial charge in [0.05, 0.1) is 4.92 Å². The van der Waals surface area contributed by atoms with E-state index >= 15 is 0 Å². The van der Waals surface area contributed by atoms with Gasteiger partial charge in [-0.25, -0.2) is 0 Å². The second kappa shape index (κ2) is 5.94. The first-order valence-corrected chi connectivity index (χ1v) is 7.50. The van der Waals surface area contributed by atoms with E-state index in [1.807, 2.05) is 0 Å². The molecule has 22 heavy (non-hydrogen) atoms. The minimum absolute atomic E-state index is 0.0405. The molecule has 0 bridgehead atoms. The first kappa shape index (κ1) is 15.6. The van der Waals surface area contributed by atoms with Gasteiger partial charge in [0, 0.05) is 17.7 Å². The van der Waals surface area contributed by atoms with Crippen molar-refractivity contribution in [3.63, 3.8) is 0 Å². The Bertz CT molecular complexity index is 809. The fourth-order valence-corrected chi connectivity index (χ4v) is 2.58. The van der Waals surface area contributed by atoms with Crippen LogP contribution in [0.4, 0.5) is 5.69 Å². The van der Waals surface area contributed by atoms with Crippen LogP contribution < -0.4 is 4.18 Å². The number of non-ortho nitro benzene ring substituents is 1. The molecular formula is C14H11NO6S. The predicted octanol–water partition coefficient (Wildman–Crippen LogP) is 2.57. The number of hydrogen-bond donors (Lipinski definition) is 0. The highest BCUT2D eigenvalue weighted by molar-refractivity contribution is 7.87. The molecule has 0 aliphatic heterocycles. The van der Waals surface area contributed by atoms with Gasteiger partial charge in [-0.05, 0) is 31.2 Å². The standard InChI is InChI=1S/C14H11NO6S/c1-10(16)11-2-8-14(9-3-11)22(19,20)21-13-6-4-12(5-7-13)15(17)18/h2-9H,1H3. The Labute approximate surface area is 126 Å². The zero-order chi connectivity index (χ0) is 16.3. The average molecular weight is 321 g/mol. The highest BCUT2D eigenvalue weighted by Gasteiger charge is 2.17. The van der Waals surface area contributed by atoms with E-state index in [-0.39, 0.29) is 22.1 Å². The van der Waals surface area contributed by atoms with E-state index in [1.165, 1.54) is 43.3 Å². The van der Waals surface area contributed by atoms with Crippen LogP contribution in [0.1, 0.15) is 17.3 Å². The van der Waals surface area contributed by atoms with Gasteiger partial charge in [-0.15, -0.1) is 0 Å². The molecule has 8 heteroatoms. The van der Waals surface area contributed by atoms with Gasteiger partial charge in [-0.2, -0.15) is 8.42 Å². The molecule has 0 heterocycles. The van der Waals surface area contributed by atoms with Crippen molar-refractivity contribution in [3.8, 4) is 5.75 Å². The maximum atomic E-state index is 12.1. The lowest BCUT2D eigenvalue weighted by Crippen LogP contribution is -2.10. The van der Waals surface area contributed by atoms with Crippen LogP contribution in [0.5, 0.6) is 5.75 Å². The highest BCUT2D eigenvalue weighted by Crippen LogP contribution is 2.22. The quantitative estimate of drug-likeness (QED) is 0.363. The molecule has 0 saturated heterocycles. The van der Waals surface area contributed by atoms with Crippen molar-refractivity contribution in [1.82, 2.24) is 0 Å². The molecule has 0 unspecified atom stereocenters. The van der Waals surface area contributed by atoms with E-state index in [0.717, 1.165) is 12.1 Å². The maximum Gasteiger partial charge on any atom is 0.339 e. The number of carbonyl (C=O) groups is 1. The molecule has 0 spiro atoms. The number of hydrogen-bond acceptors (Lipinski definition) is 6. The van der Waals surface area contributed by atoms with Crippen LogP contribution in [-0.2, 0) is 10.1 Å². The largest absolute Gasteiger partial charge is 0.379 e. The number of ketones is 1. The molecule has 114 valence electrons. The minimum atomic E-state index is -4.07. The van der Waals surface area contributed by atoms with Crippen molar-refractivity contribution in [2.24, 2.45) is 0 Å².